The lowest BCUT2D eigenvalue weighted by molar-refractivity contribution is 0.318. The Kier molecular flexibility index (Phi) is 3.56. The molecular weight excluding hydrogens is 389 g/mol. The van der Waals surface area contributed by atoms with Crippen LogP contribution in [0.2, 0.25) is 0 Å². The van der Waals surface area contributed by atoms with E-state index in [-0.39, 0.29) is 5.82 Å². The molecule has 1 aliphatic rings. The van der Waals surface area contributed by atoms with E-state index in [1.807, 2.05) is 6.07 Å². The monoisotopic (exact) mass is 405 g/mol. The van der Waals surface area contributed by atoms with Gasteiger partial charge in [0.05, 0.1) is 11.1 Å². The van der Waals surface area contributed by atoms with Crippen molar-refractivity contribution in [2.75, 3.05) is 13.6 Å². The topological polar surface area (TPSA) is 75.0 Å². The molecule has 0 saturated heterocycles. The minimum atomic E-state index is -0.270. The molecule has 9 heteroatoms. The number of fused-ring (bicyclic) bond motifs is 5. The highest BCUT2D eigenvalue weighted by molar-refractivity contribution is 7.19. The van der Waals surface area contributed by atoms with Crippen molar-refractivity contribution in [3.05, 3.63) is 52.9 Å². The third-order valence-corrected chi connectivity index (χ3v) is 6.45. The predicted octanol–water partition coefficient (Wildman–Crippen LogP) is 3.52. The molecule has 0 unspecified atom stereocenters. The number of H-pyrrole nitrogens is 1. The Morgan fingerprint density at radius 3 is 2.93 bits per heavy atom. The third kappa shape index (κ3) is 2.65. The van der Waals surface area contributed by atoms with Gasteiger partial charge < -0.3 is 4.90 Å². The SMILES string of the molecule is CN1CCc2c(sc3ncn4nc(-c5cc(-c6ccc(F)cc6)n[nH]5)nc4c23)C1. The van der Waals surface area contributed by atoms with Crippen LogP contribution in [0.5, 0.6) is 0 Å². The first-order valence-corrected chi connectivity index (χ1v) is 10.1. The molecule has 1 N–H and O–H groups in total. The first-order valence-electron chi connectivity index (χ1n) is 9.31. The molecule has 4 aromatic heterocycles. The molecule has 0 fully saturated rings. The highest BCUT2D eigenvalue weighted by Crippen LogP contribution is 2.36. The molecule has 5 aromatic rings. The molecule has 0 amide bonds. The molecule has 5 heterocycles. The first-order chi connectivity index (χ1) is 14.2. The van der Waals surface area contributed by atoms with Crippen molar-refractivity contribution >= 4 is 27.2 Å². The normalized spacial score (nSPS) is 14.7. The average Bonchev–Trinajstić information content (AvgIpc) is 3.43. The van der Waals surface area contributed by atoms with Crippen LogP contribution in [0, 0.1) is 5.82 Å². The number of rotatable bonds is 2. The van der Waals surface area contributed by atoms with E-state index in [9.17, 15) is 4.39 Å². The number of hydrogen-bond acceptors (Lipinski definition) is 6. The Morgan fingerprint density at radius 1 is 1.21 bits per heavy atom. The fraction of sp³-hybridized carbons (Fsp3) is 0.200. The smallest absolute Gasteiger partial charge is 0.200 e. The Labute approximate surface area is 168 Å². The standard InChI is InChI=1S/C20H16FN7S/c1-27-7-6-13-16(9-27)29-20-17(13)19-23-18(26-28(19)10-22-20)15-8-14(24-25-15)11-2-4-12(21)5-3-11/h2-5,8,10H,6-7,9H2,1H3,(H,24,25). The van der Waals surface area contributed by atoms with Gasteiger partial charge in [0.15, 0.2) is 11.5 Å². The van der Waals surface area contributed by atoms with Crippen LogP contribution in [0.1, 0.15) is 10.4 Å². The zero-order chi connectivity index (χ0) is 19.5. The molecule has 1 aromatic carbocycles. The number of likely N-dealkylation sites (N-methyl/N-ethyl adjacent to an activating group) is 1. The van der Waals surface area contributed by atoms with Crippen molar-refractivity contribution in [1.82, 2.24) is 34.7 Å². The van der Waals surface area contributed by atoms with Crippen molar-refractivity contribution < 1.29 is 4.39 Å². The highest BCUT2D eigenvalue weighted by atomic mass is 32.1. The number of aromatic nitrogens is 6. The molecule has 144 valence electrons. The van der Waals surface area contributed by atoms with Gasteiger partial charge in [-0.25, -0.2) is 18.9 Å². The third-order valence-electron chi connectivity index (χ3n) is 5.33. The molecule has 0 saturated carbocycles. The van der Waals surface area contributed by atoms with Crippen molar-refractivity contribution in [2.45, 2.75) is 13.0 Å². The van der Waals surface area contributed by atoms with E-state index in [1.165, 1.54) is 22.6 Å². The zero-order valence-corrected chi connectivity index (χ0v) is 16.4. The van der Waals surface area contributed by atoms with Gasteiger partial charge in [-0.15, -0.1) is 16.4 Å². The fourth-order valence-corrected chi connectivity index (χ4v) is 5.10. The molecule has 1 aliphatic heterocycles. The summed E-state index contributed by atoms with van der Waals surface area (Å²) in [5, 5.41) is 13.0. The highest BCUT2D eigenvalue weighted by Gasteiger charge is 2.23. The summed E-state index contributed by atoms with van der Waals surface area (Å²) in [6, 6.07) is 8.13. The maximum atomic E-state index is 13.2. The second-order valence-electron chi connectivity index (χ2n) is 7.29. The van der Waals surface area contributed by atoms with Gasteiger partial charge in [-0.05, 0) is 49.4 Å². The van der Waals surface area contributed by atoms with Crippen molar-refractivity contribution in [3.8, 4) is 22.8 Å². The van der Waals surface area contributed by atoms with Crippen LogP contribution in [0.3, 0.4) is 0 Å². The summed E-state index contributed by atoms with van der Waals surface area (Å²) in [5.41, 5.74) is 4.43. The van der Waals surface area contributed by atoms with Crippen LogP contribution in [-0.4, -0.2) is 48.3 Å². The van der Waals surface area contributed by atoms with E-state index in [0.29, 0.717) is 11.5 Å². The van der Waals surface area contributed by atoms with Crippen molar-refractivity contribution in [1.29, 1.82) is 0 Å². The van der Waals surface area contributed by atoms with Crippen molar-refractivity contribution in [3.63, 3.8) is 0 Å². The Bertz CT molecular complexity index is 1370. The summed E-state index contributed by atoms with van der Waals surface area (Å²) in [4.78, 5) is 14.1. The number of aromatic amines is 1. The van der Waals surface area contributed by atoms with E-state index >= 15 is 0 Å². The summed E-state index contributed by atoms with van der Waals surface area (Å²) in [6.07, 6.45) is 2.71. The van der Waals surface area contributed by atoms with Crippen LogP contribution in [-0.2, 0) is 13.0 Å². The van der Waals surface area contributed by atoms with Crippen molar-refractivity contribution in [2.24, 2.45) is 0 Å². The van der Waals surface area contributed by atoms with E-state index in [2.05, 4.69) is 32.2 Å². The number of hydrogen-bond donors (Lipinski definition) is 1. The van der Waals surface area contributed by atoms with Gasteiger partial charge in [-0.3, -0.25) is 5.10 Å². The lowest BCUT2D eigenvalue weighted by Gasteiger charge is -2.21. The molecule has 0 aliphatic carbocycles. The second kappa shape index (κ2) is 6.16. The molecule has 0 radical (unpaired) electrons. The number of halogens is 1. The summed E-state index contributed by atoms with van der Waals surface area (Å²) in [6.45, 7) is 1.98. The lowest BCUT2D eigenvalue weighted by Crippen LogP contribution is -2.25. The van der Waals surface area contributed by atoms with Crippen LogP contribution < -0.4 is 0 Å². The van der Waals surface area contributed by atoms with Gasteiger partial charge in [0.1, 0.15) is 22.7 Å². The quantitative estimate of drug-likeness (QED) is 0.486. The van der Waals surface area contributed by atoms with E-state index in [0.717, 1.165) is 46.6 Å². The summed E-state index contributed by atoms with van der Waals surface area (Å²) in [5.74, 6) is 0.293. The molecule has 7 nitrogen and oxygen atoms in total. The minimum Gasteiger partial charge on any atom is -0.301 e. The first kappa shape index (κ1) is 16.8. The van der Waals surface area contributed by atoms with Crippen LogP contribution in [0.15, 0.2) is 36.7 Å². The summed E-state index contributed by atoms with van der Waals surface area (Å²) >= 11 is 1.74. The Balaban J connectivity index is 1.46. The van der Waals surface area contributed by atoms with E-state index in [4.69, 9.17) is 4.98 Å². The molecule has 0 bridgehead atoms. The van der Waals surface area contributed by atoms with Gasteiger partial charge in [0, 0.05) is 23.5 Å². The van der Waals surface area contributed by atoms with Gasteiger partial charge in [-0.1, -0.05) is 0 Å². The van der Waals surface area contributed by atoms with Crippen LogP contribution >= 0.6 is 11.3 Å². The van der Waals surface area contributed by atoms with E-state index in [1.54, 1.807) is 34.3 Å². The fourth-order valence-electron chi connectivity index (χ4n) is 3.84. The molecular formula is C20H16FN7S. The average molecular weight is 405 g/mol. The number of benzene rings is 1. The summed E-state index contributed by atoms with van der Waals surface area (Å²) in [7, 11) is 2.14. The van der Waals surface area contributed by atoms with Crippen LogP contribution in [0.25, 0.3) is 38.6 Å². The minimum absolute atomic E-state index is 0.270. The zero-order valence-electron chi connectivity index (χ0n) is 15.6. The van der Waals surface area contributed by atoms with Gasteiger partial charge in [0.2, 0.25) is 0 Å². The van der Waals surface area contributed by atoms with E-state index < -0.39 is 0 Å². The Morgan fingerprint density at radius 2 is 2.07 bits per heavy atom. The molecule has 0 spiro atoms. The maximum Gasteiger partial charge on any atom is 0.200 e. The van der Waals surface area contributed by atoms with Gasteiger partial charge in [0.25, 0.3) is 0 Å². The van der Waals surface area contributed by atoms with Gasteiger partial charge in [-0.2, -0.15) is 5.10 Å². The number of nitrogens with zero attached hydrogens (tertiary/aromatic N) is 6. The molecule has 0 atom stereocenters. The largest absolute Gasteiger partial charge is 0.301 e. The number of nitrogens with one attached hydrogen (secondary N) is 1. The second-order valence-corrected chi connectivity index (χ2v) is 8.38. The summed E-state index contributed by atoms with van der Waals surface area (Å²) < 4.78 is 14.9. The number of thiophene rings is 1. The Hall–Kier alpha value is -3.17. The van der Waals surface area contributed by atoms with Crippen LogP contribution in [0.4, 0.5) is 4.39 Å². The molecule has 29 heavy (non-hydrogen) atoms. The molecule has 6 rings (SSSR count). The maximum absolute atomic E-state index is 13.2. The lowest BCUT2D eigenvalue weighted by atomic mass is 10.1. The predicted molar refractivity (Wildman–Crippen MR) is 109 cm³/mol. The van der Waals surface area contributed by atoms with Gasteiger partial charge >= 0.3 is 0 Å².